The van der Waals surface area contributed by atoms with E-state index in [1.54, 1.807) is 6.07 Å². The largest absolute Gasteiger partial charge is 0.433 e. The van der Waals surface area contributed by atoms with Crippen molar-refractivity contribution in [3.63, 3.8) is 0 Å². The van der Waals surface area contributed by atoms with Gasteiger partial charge in [0.05, 0.1) is 5.60 Å². The van der Waals surface area contributed by atoms with E-state index >= 15 is 0 Å². The minimum absolute atomic E-state index is 0.265. The van der Waals surface area contributed by atoms with Crippen LogP contribution in [0.15, 0.2) is 48.5 Å². The summed E-state index contributed by atoms with van der Waals surface area (Å²) in [6.07, 6.45) is -3.16. The summed E-state index contributed by atoms with van der Waals surface area (Å²) in [5.74, 6) is 0.899. The van der Waals surface area contributed by atoms with Crippen molar-refractivity contribution in [3.8, 4) is 0 Å². The van der Waals surface area contributed by atoms with E-state index < -0.39 is 17.5 Å². The van der Waals surface area contributed by atoms with Crippen LogP contribution in [0.5, 0.6) is 0 Å². The molecule has 2 heterocycles. The lowest BCUT2D eigenvalue weighted by Crippen LogP contribution is -2.28. The summed E-state index contributed by atoms with van der Waals surface area (Å²) in [4.78, 5) is 5.70. The van der Waals surface area contributed by atoms with Gasteiger partial charge in [-0.3, -0.25) is 0 Å². The second-order valence-electron chi connectivity index (χ2n) is 7.11. The molecule has 3 nitrogen and oxygen atoms in total. The normalized spacial score (nSPS) is 29.0. The third-order valence-electron chi connectivity index (χ3n) is 5.44. The van der Waals surface area contributed by atoms with E-state index in [2.05, 4.69) is 4.98 Å². The molecular weight excluding hydrogens is 329 g/mol. The summed E-state index contributed by atoms with van der Waals surface area (Å²) in [5, 5.41) is 11.0. The van der Waals surface area contributed by atoms with Crippen molar-refractivity contribution in [2.24, 2.45) is 11.8 Å². The van der Waals surface area contributed by atoms with Gasteiger partial charge in [-0.2, -0.15) is 13.2 Å². The second kappa shape index (κ2) is 5.73. The lowest BCUT2D eigenvalue weighted by atomic mass is 9.90. The van der Waals surface area contributed by atoms with Crippen LogP contribution in [-0.4, -0.2) is 23.2 Å². The highest BCUT2D eigenvalue weighted by molar-refractivity contribution is 5.42. The number of aliphatic hydroxyl groups is 1. The molecule has 1 saturated carbocycles. The molecule has 132 valence electrons. The molecule has 25 heavy (non-hydrogen) atoms. The lowest BCUT2D eigenvalue weighted by molar-refractivity contribution is -0.141. The molecule has 1 N–H and O–H groups in total. The van der Waals surface area contributed by atoms with Crippen molar-refractivity contribution >= 4 is 5.82 Å². The predicted octanol–water partition coefficient (Wildman–Crippen LogP) is 3.83. The minimum atomic E-state index is -4.43. The third kappa shape index (κ3) is 2.99. The molecule has 1 aromatic carbocycles. The molecule has 2 fully saturated rings. The maximum absolute atomic E-state index is 12.9. The molecule has 0 amide bonds. The zero-order valence-corrected chi connectivity index (χ0v) is 13.6. The van der Waals surface area contributed by atoms with Crippen molar-refractivity contribution in [1.29, 1.82) is 0 Å². The topological polar surface area (TPSA) is 36.4 Å². The van der Waals surface area contributed by atoms with Crippen LogP contribution in [0.3, 0.4) is 0 Å². The SMILES string of the molecule is OC1(c2ccccc2)CC2CN(c3cccc(C(F)(F)F)n3)CC2C1. The standard InChI is InChI=1S/C19H19F3N2O/c20-19(21,22)16-7-4-8-17(23-16)24-11-13-9-18(25,10-14(13)12-24)15-5-2-1-3-6-15/h1-8,13-14,25H,9-12H2. The molecule has 1 aromatic heterocycles. The van der Waals surface area contributed by atoms with E-state index in [-0.39, 0.29) is 11.8 Å². The van der Waals surface area contributed by atoms with Crippen LogP contribution in [0.25, 0.3) is 0 Å². The first-order valence-electron chi connectivity index (χ1n) is 8.42. The zero-order chi connectivity index (χ0) is 17.7. The number of alkyl halides is 3. The molecule has 1 saturated heterocycles. The van der Waals surface area contributed by atoms with Crippen LogP contribution in [0.1, 0.15) is 24.1 Å². The number of hydrogen-bond donors (Lipinski definition) is 1. The van der Waals surface area contributed by atoms with Gasteiger partial charge in [-0.1, -0.05) is 36.4 Å². The van der Waals surface area contributed by atoms with Crippen LogP contribution in [0.4, 0.5) is 19.0 Å². The van der Waals surface area contributed by atoms with Gasteiger partial charge < -0.3 is 10.0 Å². The number of rotatable bonds is 2. The van der Waals surface area contributed by atoms with Crippen LogP contribution in [0, 0.1) is 11.8 Å². The molecule has 2 unspecified atom stereocenters. The number of benzene rings is 1. The van der Waals surface area contributed by atoms with Crippen molar-refractivity contribution in [3.05, 3.63) is 59.8 Å². The van der Waals surface area contributed by atoms with E-state index in [1.165, 1.54) is 6.07 Å². The monoisotopic (exact) mass is 348 g/mol. The number of fused-ring (bicyclic) bond motifs is 1. The van der Waals surface area contributed by atoms with Crippen molar-refractivity contribution in [1.82, 2.24) is 4.98 Å². The Balaban J connectivity index is 1.50. The van der Waals surface area contributed by atoms with Gasteiger partial charge in [0.15, 0.2) is 0 Å². The van der Waals surface area contributed by atoms with E-state index in [4.69, 9.17) is 0 Å². The van der Waals surface area contributed by atoms with E-state index in [9.17, 15) is 18.3 Å². The number of halogens is 3. The Hall–Kier alpha value is -2.08. The van der Waals surface area contributed by atoms with Crippen molar-refractivity contribution in [2.45, 2.75) is 24.6 Å². The molecule has 4 rings (SSSR count). The first kappa shape index (κ1) is 16.4. The van der Waals surface area contributed by atoms with E-state index in [0.29, 0.717) is 31.7 Å². The summed E-state index contributed by atoms with van der Waals surface area (Å²) in [6.45, 7) is 1.27. The molecule has 0 radical (unpaired) electrons. The zero-order valence-electron chi connectivity index (χ0n) is 13.6. The Morgan fingerprint density at radius 3 is 2.20 bits per heavy atom. The van der Waals surface area contributed by atoms with Gasteiger partial charge in [0.2, 0.25) is 0 Å². The molecular formula is C19H19F3N2O. The molecule has 2 aromatic rings. The highest BCUT2D eigenvalue weighted by atomic mass is 19.4. The fourth-order valence-electron chi connectivity index (χ4n) is 4.28. The van der Waals surface area contributed by atoms with Crippen LogP contribution in [-0.2, 0) is 11.8 Å². The highest BCUT2D eigenvalue weighted by Crippen LogP contribution is 2.49. The van der Waals surface area contributed by atoms with Crippen molar-refractivity contribution < 1.29 is 18.3 Å². The van der Waals surface area contributed by atoms with E-state index in [0.717, 1.165) is 11.6 Å². The summed E-state index contributed by atoms with van der Waals surface area (Å²) < 4.78 is 38.6. The molecule has 0 bridgehead atoms. The number of anilines is 1. The number of nitrogens with zero attached hydrogens (tertiary/aromatic N) is 2. The molecule has 2 atom stereocenters. The maximum Gasteiger partial charge on any atom is 0.433 e. The third-order valence-corrected chi connectivity index (χ3v) is 5.44. The quantitative estimate of drug-likeness (QED) is 0.896. The van der Waals surface area contributed by atoms with Crippen molar-refractivity contribution in [2.75, 3.05) is 18.0 Å². The van der Waals surface area contributed by atoms with Gasteiger partial charge >= 0.3 is 6.18 Å². The molecule has 0 spiro atoms. The predicted molar refractivity (Wildman–Crippen MR) is 88.0 cm³/mol. The fraction of sp³-hybridized carbons (Fsp3) is 0.421. The van der Waals surface area contributed by atoms with Gasteiger partial charge in [0, 0.05) is 13.1 Å². The number of pyridine rings is 1. The first-order chi connectivity index (χ1) is 11.9. The Morgan fingerprint density at radius 2 is 1.60 bits per heavy atom. The Morgan fingerprint density at radius 1 is 0.960 bits per heavy atom. The summed E-state index contributed by atoms with van der Waals surface area (Å²) in [6, 6.07) is 13.7. The highest BCUT2D eigenvalue weighted by Gasteiger charge is 2.49. The minimum Gasteiger partial charge on any atom is -0.385 e. The Kier molecular flexibility index (Phi) is 3.76. The van der Waals surface area contributed by atoms with Gasteiger partial charge in [0.25, 0.3) is 0 Å². The lowest BCUT2D eigenvalue weighted by Gasteiger charge is -2.27. The molecule has 1 aliphatic heterocycles. The molecule has 6 heteroatoms. The van der Waals surface area contributed by atoms with Gasteiger partial charge in [-0.05, 0) is 42.4 Å². The summed E-state index contributed by atoms with van der Waals surface area (Å²) >= 11 is 0. The molecule has 1 aliphatic carbocycles. The fourth-order valence-corrected chi connectivity index (χ4v) is 4.28. The van der Waals surface area contributed by atoms with Gasteiger partial charge in [0.1, 0.15) is 11.5 Å². The molecule has 2 aliphatic rings. The van der Waals surface area contributed by atoms with E-state index in [1.807, 2.05) is 35.2 Å². The smallest absolute Gasteiger partial charge is 0.385 e. The first-order valence-corrected chi connectivity index (χ1v) is 8.42. The second-order valence-corrected chi connectivity index (χ2v) is 7.11. The Bertz CT molecular complexity index is 749. The van der Waals surface area contributed by atoms with Crippen LogP contribution >= 0.6 is 0 Å². The summed E-state index contributed by atoms with van der Waals surface area (Å²) in [7, 11) is 0. The average Bonchev–Trinajstić information content (AvgIpc) is 3.11. The number of hydrogen-bond acceptors (Lipinski definition) is 3. The Labute approximate surface area is 144 Å². The summed E-state index contributed by atoms with van der Waals surface area (Å²) in [5.41, 5.74) is -0.764. The van der Waals surface area contributed by atoms with Crippen LogP contribution < -0.4 is 4.90 Å². The maximum atomic E-state index is 12.9. The van der Waals surface area contributed by atoms with Gasteiger partial charge in [-0.25, -0.2) is 4.98 Å². The van der Waals surface area contributed by atoms with Gasteiger partial charge in [-0.15, -0.1) is 0 Å². The number of aromatic nitrogens is 1. The van der Waals surface area contributed by atoms with Crippen LogP contribution in [0.2, 0.25) is 0 Å². The average molecular weight is 348 g/mol.